The maximum Gasteiger partial charge on any atom is 0.291 e. The second kappa shape index (κ2) is 6.32. The first-order chi connectivity index (χ1) is 9.56. The summed E-state index contributed by atoms with van der Waals surface area (Å²) in [5.74, 6) is 0.918. The summed E-state index contributed by atoms with van der Waals surface area (Å²) in [6.45, 7) is 5.97. The summed E-state index contributed by atoms with van der Waals surface area (Å²) in [5.41, 5.74) is 1.19. The highest BCUT2D eigenvalue weighted by atomic mass is 16.2. The average Bonchev–Trinajstić information content (AvgIpc) is 2.89. The van der Waals surface area contributed by atoms with E-state index in [1.165, 1.54) is 5.56 Å². The molecule has 1 aromatic heterocycles. The summed E-state index contributed by atoms with van der Waals surface area (Å²) in [6, 6.07) is 10.1. The molecule has 0 saturated carbocycles. The van der Waals surface area contributed by atoms with Crippen molar-refractivity contribution in [1.82, 2.24) is 20.5 Å². The van der Waals surface area contributed by atoms with E-state index in [1.807, 2.05) is 51.1 Å². The molecule has 2 aromatic rings. The molecule has 0 aliphatic heterocycles. The molecule has 106 valence electrons. The molecule has 0 aliphatic carbocycles. The van der Waals surface area contributed by atoms with Crippen LogP contribution in [0, 0.1) is 0 Å². The van der Waals surface area contributed by atoms with Crippen LogP contribution in [0.25, 0.3) is 0 Å². The molecule has 0 bridgehead atoms. The van der Waals surface area contributed by atoms with E-state index in [9.17, 15) is 4.79 Å². The van der Waals surface area contributed by atoms with Crippen LogP contribution in [-0.4, -0.2) is 27.1 Å². The van der Waals surface area contributed by atoms with Gasteiger partial charge in [-0.2, -0.15) is 0 Å². The topological polar surface area (TPSA) is 70.7 Å². The minimum atomic E-state index is -0.239. The summed E-state index contributed by atoms with van der Waals surface area (Å²) in [7, 11) is 0. The Kier molecular flexibility index (Phi) is 4.50. The van der Waals surface area contributed by atoms with Gasteiger partial charge in [0, 0.05) is 12.0 Å². The highest BCUT2D eigenvalue weighted by Crippen LogP contribution is 2.08. The average molecular weight is 272 g/mol. The SMILES string of the molecule is CC(Cc1ccccc1)NC(=O)c1n[nH]c(C(C)C)n1. The number of carbonyl (C=O) groups excluding carboxylic acids is 1. The van der Waals surface area contributed by atoms with Crippen LogP contribution in [-0.2, 0) is 6.42 Å². The first kappa shape index (κ1) is 14.2. The Morgan fingerprint density at radius 2 is 1.95 bits per heavy atom. The summed E-state index contributed by atoms with van der Waals surface area (Å²) in [4.78, 5) is 16.2. The molecule has 0 aliphatic rings. The van der Waals surface area contributed by atoms with Crippen molar-refractivity contribution in [1.29, 1.82) is 0 Å². The number of nitrogens with one attached hydrogen (secondary N) is 2. The molecule has 1 atom stereocenters. The predicted molar refractivity (Wildman–Crippen MR) is 77.5 cm³/mol. The van der Waals surface area contributed by atoms with E-state index in [4.69, 9.17) is 0 Å². The zero-order chi connectivity index (χ0) is 14.5. The minimum absolute atomic E-state index is 0.0332. The van der Waals surface area contributed by atoms with Crippen LogP contribution >= 0.6 is 0 Å². The quantitative estimate of drug-likeness (QED) is 0.877. The van der Waals surface area contributed by atoms with Crippen molar-refractivity contribution >= 4 is 5.91 Å². The fourth-order valence-electron chi connectivity index (χ4n) is 1.94. The lowest BCUT2D eigenvalue weighted by Gasteiger charge is -2.12. The number of aromatic nitrogens is 3. The fourth-order valence-corrected chi connectivity index (χ4v) is 1.94. The van der Waals surface area contributed by atoms with E-state index < -0.39 is 0 Å². The molecule has 1 amide bonds. The van der Waals surface area contributed by atoms with E-state index in [-0.39, 0.29) is 23.7 Å². The Bertz CT molecular complexity index is 562. The van der Waals surface area contributed by atoms with Gasteiger partial charge in [0.15, 0.2) is 0 Å². The number of aromatic amines is 1. The number of rotatable bonds is 5. The zero-order valence-corrected chi connectivity index (χ0v) is 12.1. The molecular formula is C15H20N4O. The molecule has 2 N–H and O–H groups in total. The van der Waals surface area contributed by atoms with E-state index >= 15 is 0 Å². The number of amides is 1. The standard InChI is InChI=1S/C15H20N4O/c1-10(2)13-17-14(19-18-13)15(20)16-11(3)9-12-7-5-4-6-8-12/h4-8,10-11H,9H2,1-3H3,(H,16,20)(H,17,18,19). The van der Waals surface area contributed by atoms with Gasteiger partial charge in [-0.25, -0.2) is 4.98 Å². The van der Waals surface area contributed by atoms with Gasteiger partial charge in [0.1, 0.15) is 5.82 Å². The molecule has 1 unspecified atom stereocenters. The third kappa shape index (κ3) is 3.66. The van der Waals surface area contributed by atoms with Crippen LogP contribution in [0.3, 0.4) is 0 Å². The smallest absolute Gasteiger partial charge is 0.291 e. The lowest BCUT2D eigenvalue weighted by atomic mass is 10.1. The summed E-state index contributed by atoms with van der Waals surface area (Å²) in [6.07, 6.45) is 0.786. The molecule has 0 saturated heterocycles. The van der Waals surface area contributed by atoms with Crippen LogP contribution in [0.2, 0.25) is 0 Å². The van der Waals surface area contributed by atoms with Gasteiger partial charge in [0.2, 0.25) is 5.82 Å². The fraction of sp³-hybridized carbons (Fsp3) is 0.400. The van der Waals surface area contributed by atoms with Crippen molar-refractivity contribution in [2.45, 2.75) is 39.2 Å². The number of nitrogens with zero attached hydrogens (tertiary/aromatic N) is 2. The Hall–Kier alpha value is -2.17. The zero-order valence-electron chi connectivity index (χ0n) is 12.1. The van der Waals surface area contributed by atoms with Crippen molar-refractivity contribution in [2.24, 2.45) is 0 Å². The van der Waals surface area contributed by atoms with Gasteiger partial charge in [0.25, 0.3) is 5.91 Å². The summed E-state index contributed by atoms with van der Waals surface area (Å²) >= 11 is 0. The van der Waals surface area contributed by atoms with Crippen LogP contribution in [0.1, 0.15) is 48.7 Å². The van der Waals surface area contributed by atoms with Crippen molar-refractivity contribution in [3.8, 4) is 0 Å². The lowest BCUT2D eigenvalue weighted by Crippen LogP contribution is -2.34. The summed E-state index contributed by atoms with van der Waals surface area (Å²) in [5, 5.41) is 9.65. The number of hydrogen-bond acceptors (Lipinski definition) is 3. The third-order valence-electron chi connectivity index (χ3n) is 3.01. The maximum absolute atomic E-state index is 12.0. The predicted octanol–water partition coefficient (Wildman–Crippen LogP) is 2.29. The van der Waals surface area contributed by atoms with Gasteiger partial charge in [0.05, 0.1) is 0 Å². The Morgan fingerprint density at radius 3 is 2.55 bits per heavy atom. The van der Waals surface area contributed by atoms with Crippen molar-refractivity contribution in [3.05, 3.63) is 47.5 Å². The van der Waals surface area contributed by atoms with E-state index in [0.717, 1.165) is 12.2 Å². The van der Waals surface area contributed by atoms with Crippen LogP contribution < -0.4 is 5.32 Å². The number of carbonyl (C=O) groups is 1. The third-order valence-corrected chi connectivity index (χ3v) is 3.01. The molecule has 1 heterocycles. The molecule has 0 fully saturated rings. The maximum atomic E-state index is 12.0. The first-order valence-corrected chi connectivity index (χ1v) is 6.83. The summed E-state index contributed by atoms with van der Waals surface area (Å²) < 4.78 is 0. The Morgan fingerprint density at radius 1 is 1.25 bits per heavy atom. The van der Waals surface area contributed by atoms with E-state index in [0.29, 0.717) is 0 Å². The molecule has 5 heteroatoms. The monoisotopic (exact) mass is 272 g/mol. The highest BCUT2D eigenvalue weighted by Gasteiger charge is 2.16. The number of hydrogen-bond donors (Lipinski definition) is 2. The number of H-pyrrole nitrogens is 1. The minimum Gasteiger partial charge on any atom is -0.346 e. The van der Waals surface area contributed by atoms with Crippen LogP contribution in [0.4, 0.5) is 0 Å². The molecule has 20 heavy (non-hydrogen) atoms. The molecule has 0 spiro atoms. The van der Waals surface area contributed by atoms with E-state index in [1.54, 1.807) is 0 Å². The van der Waals surface area contributed by atoms with Crippen molar-refractivity contribution in [2.75, 3.05) is 0 Å². The van der Waals surface area contributed by atoms with Crippen molar-refractivity contribution in [3.63, 3.8) is 0 Å². The first-order valence-electron chi connectivity index (χ1n) is 6.83. The van der Waals surface area contributed by atoms with Gasteiger partial charge in [-0.05, 0) is 18.9 Å². The van der Waals surface area contributed by atoms with Crippen LogP contribution in [0.15, 0.2) is 30.3 Å². The lowest BCUT2D eigenvalue weighted by molar-refractivity contribution is 0.0930. The van der Waals surface area contributed by atoms with E-state index in [2.05, 4.69) is 20.5 Å². The number of benzene rings is 1. The highest BCUT2D eigenvalue weighted by molar-refractivity contribution is 5.90. The van der Waals surface area contributed by atoms with Gasteiger partial charge >= 0.3 is 0 Å². The molecule has 0 radical (unpaired) electrons. The molecular weight excluding hydrogens is 252 g/mol. The van der Waals surface area contributed by atoms with Crippen molar-refractivity contribution < 1.29 is 4.79 Å². The normalized spacial score (nSPS) is 12.4. The van der Waals surface area contributed by atoms with Gasteiger partial charge < -0.3 is 5.32 Å². The van der Waals surface area contributed by atoms with Gasteiger partial charge in [-0.1, -0.05) is 44.2 Å². The molecule has 2 rings (SSSR count). The second-order valence-corrected chi connectivity index (χ2v) is 5.26. The van der Waals surface area contributed by atoms with Gasteiger partial charge in [-0.3, -0.25) is 9.89 Å². The van der Waals surface area contributed by atoms with Gasteiger partial charge in [-0.15, -0.1) is 5.10 Å². The Labute approximate surface area is 118 Å². The second-order valence-electron chi connectivity index (χ2n) is 5.26. The molecule has 5 nitrogen and oxygen atoms in total. The van der Waals surface area contributed by atoms with Crippen LogP contribution in [0.5, 0.6) is 0 Å². The largest absolute Gasteiger partial charge is 0.346 e. The molecule has 1 aromatic carbocycles. The Balaban J connectivity index is 1.93.